The Morgan fingerprint density at radius 2 is 2.43 bits per heavy atom. The molecule has 0 aromatic carbocycles. The fourth-order valence-electron chi connectivity index (χ4n) is 1.45. The molecule has 6 heteroatoms. The largest absolute Gasteiger partial charge is 0.348 e. The Balaban J connectivity index is 2.73. The van der Waals surface area contributed by atoms with Gasteiger partial charge in [-0.15, -0.1) is 16.4 Å². The fraction of sp³-hybridized carbons (Fsp3) is 0.125. The molecular weight excluding hydrogens is 200 g/mol. The van der Waals surface area contributed by atoms with Crippen molar-refractivity contribution < 1.29 is 0 Å². The van der Waals surface area contributed by atoms with Gasteiger partial charge in [0.2, 0.25) is 0 Å². The first-order chi connectivity index (χ1) is 6.75. The number of rotatable bonds is 0. The molecule has 0 bridgehead atoms. The van der Waals surface area contributed by atoms with E-state index in [2.05, 4.69) is 15.1 Å². The summed E-state index contributed by atoms with van der Waals surface area (Å²) < 4.78 is 2.26. The molecule has 3 aromatic rings. The van der Waals surface area contributed by atoms with Gasteiger partial charge in [-0.2, -0.15) is 4.52 Å². The summed E-state index contributed by atoms with van der Waals surface area (Å²) in [6.07, 6.45) is 0. The minimum Gasteiger partial charge on any atom is -0.304 e. The van der Waals surface area contributed by atoms with E-state index in [1.807, 2.05) is 11.4 Å². The van der Waals surface area contributed by atoms with Crippen LogP contribution in [0.4, 0.5) is 0 Å². The molecule has 5 nitrogen and oxygen atoms in total. The van der Waals surface area contributed by atoms with Gasteiger partial charge in [-0.3, -0.25) is 0 Å². The Bertz CT molecular complexity index is 677. The second-order valence-corrected chi connectivity index (χ2v) is 3.90. The summed E-state index contributed by atoms with van der Waals surface area (Å²) in [6.45, 7) is 1.77. The molecule has 3 rings (SSSR count). The van der Waals surface area contributed by atoms with Gasteiger partial charge in [0.15, 0.2) is 5.65 Å². The molecule has 0 atom stereocenters. The van der Waals surface area contributed by atoms with E-state index in [9.17, 15) is 4.79 Å². The number of hydrogen-bond donors (Lipinski definition) is 1. The normalized spacial score (nSPS) is 11.5. The molecule has 0 saturated heterocycles. The number of hydrogen-bond acceptors (Lipinski definition) is 4. The topological polar surface area (TPSA) is 63.0 Å². The summed E-state index contributed by atoms with van der Waals surface area (Å²) in [6, 6.07) is 1.87. The standard InChI is InChI=1S/C8H6N4OS/c1-4-9-7-6-5(2-3-14-6)10-8(13)12(7)11-4/h2-3H,1H3,(H,10,13). The van der Waals surface area contributed by atoms with E-state index in [1.54, 1.807) is 18.3 Å². The van der Waals surface area contributed by atoms with Crippen LogP contribution in [0.25, 0.3) is 15.9 Å². The van der Waals surface area contributed by atoms with Crippen LogP contribution in [-0.2, 0) is 0 Å². The number of thiophene rings is 1. The molecule has 3 aromatic heterocycles. The monoisotopic (exact) mass is 206 g/mol. The van der Waals surface area contributed by atoms with Gasteiger partial charge in [0.05, 0.1) is 10.2 Å². The van der Waals surface area contributed by atoms with Crippen molar-refractivity contribution in [2.24, 2.45) is 0 Å². The van der Waals surface area contributed by atoms with Gasteiger partial charge in [-0.05, 0) is 18.4 Å². The minimum atomic E-state index is -0.244. The first-order valence-corrected chi connectivity index (χ1v) is 4.96. The summed E-state index contributed by atoms with van der Waals surface area (Å²) in [4.78, 5) is 18.5. The highest BCUT2D eigenvalue weighted by Gasteiger charge is 2.08. The second-order valence-electron chi connectivity index (χ2n) is 2.99. The first-order valence-electron chi connectivity index (χ1n) is 4.08. The van der Waals surface area contributed by atoms with Crippen molar-refractivity contribution in [2.75, 3.05) is 0 Å². The van der Waals surface area contributed by atoms with E-state index in [4.69, 9.17) is 0 Å². The van der Waals surface area contributed by atoms with Gasteiger partial charge in [0.25, 0.3) is 0 Å². The third-order valence-corrected chi connectivity index (χ3v) is 2.93. The maximum Gasteiger partial charge on any atom is 0.348 e. The predicted octanol–water partition coefficient (Wildman–Crippen LogP) is 0.941. The van der Waals surface area contributed by atoms with Crippen molar-refractivity contribution >= 4 is 27.2 Å². The zero-order chi connectivity index (χ0) is 9.71. The van der Waals surface area contributed by atoms with Crippen LogP contribution in [0.1, 0.15) is 5.82 Å². The van der Waals surface area contributed by atoms with Crippen LogP contribution >= 0.6 is 11.3 Å². The summed E-state index contributed by atoms with van der Waals surface area (Å²) in [5.74, 6) is 0.608. The molecule has 0 saturated carbocycles. The third-order valence-electron chi connectivity index (χ3n) is 2.02. The highest BCUT2D eigenvalue weighted by atomic mass is 32.1. The van der Waals surface area contributed by atoms with E-state index in [0.29, 0.717) is 11.5 Å². The molecule has 0 radical (unpaired) electrons. The van der Waals surface area contributed by atoms with Gasteiger partial charge in [-0.25, -0.2) is 9.78 Å². The Hall–Kier alpha value is -1.69. The zero-order valence-corrected chi connectivity index (χ0v) is 8.13. The van der Waals surface area contributed by atoms with Crippen LogP contribution in [0.2, 0.25) is 0 Å². The van der Waals surface area contributed by atoms with Gasteiger partial charge < -0.3 is 4.98 Å². The average Bonchev–Trinajstić information content (AvgIpc) is 2.69. The van der Waals surface area contributed by atoms with Crippen molar-refractivity contribution in [3.05, 3.63) is 27.8 Å². The molecule has 0 aliphatic heterocycles. The predicted molar refractivity (Wildman–Crippen MR) is 53.7 cm³/mol. The molecule has 70 valence electrons. The Labute approximate surface area is 82.0 Å². The van der Waals surface area contributed by atoms with Crippen LogP contribution in [0, 0.1) is 6.92 Å². The maximum atomic E-state index is 11.5. The van der Waals surface area contributed by atoms with Crippen molar-refractivity contribution in [2.45, 2.75) is 6.92 Å². The van der Waals surface area contributed by atoms with Gasteiger partial charge >= 0.3 is 5.69 Å². The number of nitrogens with one attached hydrogen (secondary N) is 1. The Morgan fingerprint density at radius 3 is 3.29 bits per heavy atom. The highest BCUT2D eigenvalue weighted by Crippen LogP contribution is 2.20. The van der Waals surface area contributed by atoms with E-state index in [0.717, 1.165) is 10.2 Å². The van der Waals surface area contributed by atoms with Crippen molar-refractivity contribution in [3.63, 3.8) is 0 Å². The zero-order valence-electron chi connectivity index (χ0n) is 7.31. The lowest BCUT2D eigenvalue weighted by Crippen LogP contribution is -2.16. The molecule has 3 heterocycles. The van der Waals surface area contributed by atoms with Crippen LogP contribution in [0.3, 0.4) is 0 Å². The smallest absolute Gasteiger partial charge is 0.304 e. The first kappa shape index (κ1) is 7.69. The molecule has 0 aliphatic carbocycles. The molecule has 0 unspecified atom stereocenters. The molecule has 0 fully saturated rings. The third kappa shape index (κ3) is 0.856. The van der Waals surface area contributed by atoms with E-state index in [1.165, 1.54) is 4.52 Å². The minimum absolute atomic E-state index is 0.244. The second kappa shape index (κ2) is 2.42. The Morgan fingerprint density at radius 1 is 1.57 bits per heavy atom. The molecule has 0 spiro atoms. The molecule has 0 aliphatic rings. The van der Waals surface area contributed by atoms with Gasteiger partial charge in [0.1, 0.15) is 5.82 Å². The molecule has 14 heavy (non-hydrogen) atoms. The summed E-state index contributed by atoms with van der Waals surface area (Å²) in [7, 11) is 0. The quantitative estimate of drug-likeness (QED) is 0.595. The summed E-state index contributed by atoms with van der Waals surface area (Å²) >= 11 is 1.55. The number of aryl methyl sites for hydroxylation is 1. The Kier molecular flexibility index (Phi) is 1.33. The van der Waals surface area contributed by atoms with E-state index < -0.39 is 0 Å². The molecule has 0 amide bonds. The van der Waals surface area contributed by atoms with Gasteiger partial charge in [0, 0.05) is 0 Å². The van der Waals surface area contributed by atoms with Gasteiger partial charge in [-0.1, -0.05) is 0 Å². The fourth-order valence-corrected chi connectivity index (χ4v) is 2.28. The van der Waals surface area contributed by atoms with E-state index in [-0.39, 0.29) is 5.69 Å². The maximum absolute atomic E-state index is 11.5. The van der Waals surface area contributed by atoms with Crippen LogP contribution in [-0.4, -0.2) is 19.6 Å². The summed E-state index contributed by atoms with van der Waals surface area (Å²) in [5.41, 5.74) is 1.21. The number of aromatic nitrogens is 4. The van der Waals surface area contributed by atoms with Crippen LogP contribution in [0.5, 0.6) is 0 Å². The van der Waals surface area contributed by atoms with E-state index >= 15 is 0 Å². The van der Waals surface area contributed by atoms with Crippen molar-refractivity contribution in [1.29, 1.82) is 0 Å². The number of aromatic amines is 1. The number of fused-ring (bicyclic) bond motifs is 3. The van der Waals surface area contributed by atoms with Crippen molar-refractivity contribution in [1.82, 2.24) is 19.6 Å². The molecule has 1 N–H and O–H groups in total. The lowest BCUT2D eigenvalue weighted by molar-refractivity contribution is 0.864. The summed E-state index contributed by atoms with van der Waals surface area (Å²) in [5, 5.41) is 5.93. The lowest BCUT2D eigenvalue weighted by atomic mass is 10.5. The number of H-pyrrole nitrogens is 1. The van der Waals surface area contributed by atoms with Crippen LogP contribution in [0.15, 0.2) is 16.2 Å². The molecular formula is C8H6N4OS. The van der Waals surface area contributed by atoms with Crippen LogP contribution < -0.4 is 5.69 Å². The SMILES string of the molecule is Cc1nc2c3sccc3[nH]c(=O)n2n1. The average molecular weight is 206 g/mol. The lowest BCUT2D eigenvalue weighted by Gasteiger charge is -1.91. The number of nitrogens with zero attached hydrogens (tertiary/aromatic N) is 3. The highest BCUT2D eigenvalue weighted by molar-refractivity contribution is 7.17. The van der Waals surface area contributed by atoms with Crippen molar-refractivity contribution in [3.8, 4) is 0 Å².